The predicted molar refractivity (Wildman–Crippen MR) is 105 cm³/mol. The van der Waals surface area contributed by atoms with Crippen molar-refractivity contribution in [3.8, 4) is 0 Å². The van der Waals surface area contributed by atoms with E-state index in [0.717, 1.165) is 31.3 Å². The zero-order chi connectivity index (χ0) is 18.9. The number of nitrogens with one attached hydrogen (secondary N) is 2. The average molecular weight is 378 g/mol. The van der Waals surface area contributed by atoms with Crippen molar-refractivity contribution in [2.24, 2.45) is 11.0 Å². The van der Waals surface area contributed by atoms with Crippen LogP contribution in [0.25, 0.3) is 0 Å². The third-order valence-corrected chi connectivity index (χ3v) is 5.41. The number of epoxide rings is 1. The molecule has 2 N–H and O–H groups in total. The highest BCUT2D eigenvalue weighted by Crippen LogP contribution is 2.49. The van der Waals surface area contributed by atoms with Crippen LogP contribution in [0, 0.1) is 5.92 Å². The van der Waals surface area contributed by atoms with Gasteiger partial charge in [0.25, 0.3) is 0 Å². The molecule has 1 aliphatic carbocycles. The highest BCUT2D eigenvalue weighted by atomic mass is 32.1. The lowest BCUT2D eigenvalue weighted by Gasteiger charge is -2.19. The molecule has 0 unspecified atom stereocenters. The fraction of sp³-hybridized carbons (Fsp3) is 0.632. The average Bonchev–Trinajstić information content (AvgIpc) is 3.14. The Hall–Kier alpha value is -1.73. The number of esters is 1. The Bertz CT molecular complexity index is 673. The number of hydrazone groups is 1. The lowest BCUT2D eigenvalue weighted by atomic mass is 9.84. The number of hydrogen-bond acceptors (Lipinski definition) is 5. The van der Waals surface area contributed by atoms with Crippen LogP contribution < -0.4 is 10.7 Å². The van der Waals surface area contributed by atoms with E-state index >= 15 is 0 Å². The van der Waals surface area contributed by atoms with Gasteiger partial charge in [-0.3, -0.25) is 5.43 Å². The Morgan fingerprint density at radius 1 is 1.54 bits per heavy atom. The Kier molecular flexibility index (Phi) is 5.48. The van der Waals surface area contributed by atoms with E-state index in [9.17, 15) is 4.79 Å². The standard InChI is InChI=1S/C19H27N3O3S/c1-11(2)21-18(26)22-20-10-13-6-5-9-19(4)16(25-19)15-14(8-7-13)12(3)17(23)24-15/h6,10-11,14-16H,3,5,7-9H2,1-2,4H3,(H2,21,22,26)/b13-6+,20-10+/t14-,15-,16-,19+/m0/s1. The SMILES string of the molecule is C=C1C(=O)O[C@H]2[C@H]1CCC(/C=N/NC(=S)NC(C)C)=C\CC[C@@]1(C)O[C@@H]21. The first-order valence-electron chi connectivity index (χ1n) is 9.16. The maximum atomic E-state index is 12.0. The van der Waals surface area contributed by atoms with Crippen LogP contribution in [0.1, 0.15) is 46.5 Å². The van der Waals surface area contributed by atoms with Crippen LogP contribution in [0.2, 0.25) is 0 Å². The molecular weight excluding hydrogens is 350 g/mol. The zero-order valence-corrected chi connectivity index (χ0v) is 16.4. The molecule has 4 atom stereocenters. The first-order chi connectivity index (χ1) is 12.3. The third kappa shape index (κ3) is 4.15. The molecule has 6 nitrogen and oxygen atoms in total. The third-order valence-electron chi connectivity index (χ3n) is 5.20. The summed E-state index contributed by atoms with van der Waals surface area (Å²) in [4.78, 5) is 12.0. The van der Waals surface area contributed by atoms with E-state index < -0.39 is 0 Å². The van der Waals surface area contributed by atoms with Gasteiger partial charge in [-0.25, -0.2) is 4.79 Å². The van der Waals surface area contributed by atoms with Gasteiger partial charge in [0.15, 0.2) is 5.11 Å². The lowest BCUT2D eigenvalue weighted by Crippen LogP contribution is -2.36. The molecule has 7 heteroatoms. The number of fused-ring (bicyclic) bond motifs is 3. The maximum absolute atomic E-state index is 12.0. The zero-order valence-electron chi connectivity index (χ0n) is 15.6. The Labute approximate surface area is 160 Å². The van der Waals surface area contributed by atoms with Crippen LogP contribution >= 0.6 is 12.2 Å². The van der Waals surface area contributed by atoms with Crippen molar-refractivity contribution in [1.29, 1.82) is 0 Å². The van der Waals surface area contributed by atoms with Crippen molar-refractivity contribution in [2.75, 3.05) is 0 Å². The van der Waals surface area contributed by atoms with Gasteiger partial charge in [0.1, 0.15) is 12.2 Å². The summed E-state index contributed by atoms with van der Waals surface area (Å²) in [7, 11) is 0. The smallest absolute Gasteiger partial charge is 0.334 e. The normalized spacial score (nSPS) is 36.0. The van der Waals surface area contributed by atoms with Gasteiger partial charge in [-0.15, -0.1) is 0 Å². The number of carbonyl (C=O) groups is 1. The molecule has 0 radical (unpaired) electrons. The molecule has 3 aliphatic rings. The maximum Gasteiger partial charge on any atom is 0.334 e. The molecule has 2 heterocycles. The first kappa shape index (κ1) is 19.0. The molecule has 26 heavy (non-hydrogen) atoms. The molecule has 2 fully saturated rings. The van der Waals surface area contributed by atoms with Crippen LogP contribution in [-0.4, -0.2) is 41.1 Å². The summed E-state index contributed by atoms with van der Waals surface area (Å²) < 4.78 is 11.5. The predicted octanol–water partition coefficient (Wildman–Crippen LogP) is 2.60. The van der Waals surface area contributed by atoms with E-state index in [4.69, 9.17) is 21.7 Å². The molecule has 0 amide bonds. The second-order valence-corrected chi connectivity index (χ2v) is 8.12. The minimum Gasteiger partial charge on any atom is -0.455 e. The minimum absolute atomic E-state index is 0.000804. The summed E-state index contributed by atoms with van der Waals surface area (Å²) in [6.07, 6.45) is 7.15. The molecule has 2 saturated heterocycles. The summed E-state index contributed by atoms with van der Waals surface area (Å²) in [5.41, 5.74) is 4.29. The number of thiocarbonyl (C=S) groups is 1. The fourth-order valence-electron chi connectivity index (χ4n) is 3.67. The van der Waals surface area contributed by atoms with Gasteiger partial charge in [-0.1, -0.05) is 12.7 Å². The molecular formula is C19H27N3O3S. The van der Waals surface area contributed by atoms with E-state index in [1.807, 2.05) is 13.8 Å². The molecule has 0 aromatic rings. The fourth-order valence-corrected chi connectivity index (χ4v) is 3.96. The quantitative estimate of drug-likeness (QED) is 0.197. The summed E-state index contributed by atoms with van der Waals surface area (Å²) in [6, 6.07) is 0.258. The molecule has 3 rings (SSSR count). The van der Waals surface area contributed by atoms with Crippen LogP contribution in [-0.2, 0) is 14.3 Å². The monoisotopic (exact) mass is 377 g/mol. The number of allylic oxidation sites excluding steroid dienone is 2. The van der Waals surface area contributed by atoms with E-state index in [1.165, 1.54) is 0 Å². The van der Waals surface area contributed by atoms with Gasteiger partial charge < -0.3 is 14.8 Å². The molecule has 0 aromatic heterocycles. The van der Waals surface area contributed by atoms with E-state index in [0.29, 0.717) is 10.7 Å². The lowest BCUT2D eigenvalue weighted by molar-refractivity contribution is -0.140. The first-order valence-corrected chi connectivity index (χ1v) is 9.57. The van der Waals surface area contributed by atoms with Gasteiger partial charge in [-0.05, 0) is 64.2 Å². The molecule has 0 spiro atoms. The molecule has 142 valence electrons. The van der Waals surface area contributed by atoms with Crippen molar-refractivity contribution in [2.45, 2.75) is 70.3 Å². The number of carbonyl (C=O) groups excluding carboxylic acids is 1. The van der Waals surface area contributed by atoms with Gasteiger partial charge in [-0.2, -0.15) is 5.10 Å². The van der Waals surface area contributed by atoms with E-state index in [2.05, 4.69) is 35.4 Å². The van der Waals surface area contributed by atoms with Crippen molar-refractivity contribution in [1.82, 2.24) is 10.7 Å². The topological polar surface area (TPSA) is 75.2 Å². The van der Waals surface area contributed by atoms with E-state index in [1.54, 1.807) is 6.21 Å². The highest BCUT2D eigenvalue weighted by Gasteiger charge is 2.61. The Morgan fingerprint density at radius 3 is 3.04 bits per heavy atom. The van der Waals surface area contributed by atoms with Crippen molar-refractivity contribution < 1.29 is 14.3 Å². The summed E-state index contributed by atoms with van der Waals surface area (Å²) >= 11 is 5.17. The highest BCUT2D eigenvalue weighted by molar-refractivity contribution is 7.80. The van der Waals surface area contributed by atoms with Gasteiger partial charge >= 0.3 is 5.97 Å². The summed E-state index contributed by atoms with van der Waals surface area (Å²) in [5, 5.41) is 7.83. The summed E-state index contributed by atoms with van der Waals surface area (Å²) in [6.45, 7) is 10.1. The van der Waals surface area contributed by atoms with Crippen LogP contribution in [0.15, 0.2) is 28.9 Å². The van der Waals surface area contributed by atoms with Crippen molar-refractivity contribution in [3.63, 3.8) is 0 Å². The summed E-state index contributed by atoms with van der Waals surface area (Å²) in [5.74, 6) is -0.288. The molecule has 0 saturated carbocycles. The van der Waals surface area contributed by atoms with Gasteiger partial charge in [0.2, 0.25) is 0 Å². The minimum atomic E-state index is -0.289. The van der Waals surface area contributed by atoms with Crippen molar-refractivity contribution >= 4 is 29.5 Å². The van der Waals surface area contributed by atoms with Crippen LogP contribution in [0.3, 0.4) is 0 Å². The van der Waals surface area contributed by atoms with E-state index in [-0.39, 0.29) is 35.7 Å². The molecule has 0 aromatic carbocycles. The Balaban J connectivity index is 1.67. The second kappa shape index (κ2) is 7.48. The molecule has 0 bridgehead atoms. The van der Waals surface area contributed by atoms with Crippen molar-refractivity contribution in [3.05, 3.63) is 23.8 Å². The number of ether oxygens (including phenoxy) is 2. The van der Waals surface area contributed by atoms with Gasteiger partial charge in [0, 0.05) is 17.5 Å². The second-order valence-electron chi connectivity index (χ2n) is 7.71. The largest absolute Gasteiger partial charge is 0.455 e. The van der Waals surface area contributed by atoms with Gasteiger partial charge in [0.05, 0.1) is 11.8 Å². The number of nitrogens with zero attached hydrogens (tertiary/aromatic N) is 1. The number of hydrogen-bond donors (Lipinski definition) is 2. The number of rotatable bonds is 3. The molecule has 2 aliphatic heterocycles. The van der Waals surface area contributed by atoms with Crippen LogP contribution in [0.5, 0.6) is 0 Å². The Morgan fingerprint density at radius 2 is 2.31 bits per heavy atom. The van der Waals surface area contributed by atoms with Crippen LogP contribution in [0.4, 0.5) is 0 Å².